The molecule has 0 aromatic heterocycles. The molecule has 128 valence electrons. The van der Waals surface area contributed by atoms with E-state index in [1.165, 1.54) is 0 Å². The molecule has 2 fully saturated rings. The minimum atomic E-state index is -3.44. The molecular formula is C18H27NO3S. The van der Waals surface area contributed by atoms with Crippen molar-refractivity contribution < 1.29 is 13.2 Å². The van der Waals surface area contributed by atoms with Gasteiger partial charge < -0.3 is 4.74 Å². The van der Waals surface area contributed by atoms with Crippen molar-refractivity contribution in [3.8, 4) is 5.75 Å². The summed E-state index contributed by atoms with van der Waals surface area (Å²) in [5, 5.41) is 0. The zero-order chi connectivity index (χ0) is 16.9. The number of nitrogens with zero attached hydrogens (tertiary/aromatic N) is 1. The largest absolute Gasteiger partial charge is 0.494 e. The van der Waals surface area contributed by atoms with Crippen molar-refractivity contribution in [2.45, 2.75) is 57.9 Å². The molecule has 2 bridgehead atoms. The smallest absolute Gasteiger partial charge is 0.243 e. The highest BCUT2D eigenvalue weighted by molar-refractivity contribution is 7.89. The second kappa shape index (κ2) is 5.49. The first-order valence-corrected chi connectivity index (χ1v) is 9.84. The summed E-state index contributed by atoms with van der Waals surface area (Å²) in [5.74, 6) is 0.708. The minimum absolute atomic E-state index is 0.102. The summed E-state index contributed by atoms with van der Waals surface area (Å²) in [6, 6.07) is 6.93. The highest BCUT2D eigenvalue weighted by Gasteiger charge is 2.53. The lowest BCUT2D eigenvalue weighted by atomic mass is 9.65. The molecule has 2 unspecified atom stereocenters. The van der Waals surface area contributed by atoms with Gasteiger partial charge in [0.15, 0.2) is 0 Å². The van der Waals surface area contributed by atoms with Gasteiger partial charge in [-0.2, -0.15) is 4.31 Å². The Hall–Kier alpha value is -1.07. The Bertz CT molecular complexity index is 681. The van der Waals surface area contributed by atoms with Crippen LogP contribution >= 0.6 is 0 Å². The predicted octanol–water partition coefficient (Wildman–Crippen LogP) is 3.67. The van der Waals surface area contributed by atoms with Crippen LogP contribution in [0.15, 0.2) is 29.2 Å². The second-order valence-corrected chi connectivity index (χ2v) is 10.1. The standard InChI is InChI=1S/C18H27NO3S/c1-5-22-15-6-8-16(9-7-15)23(20,21)19-13-18(4)11-14(19)10-17(2,3)12-18/h6-9,14H,5,10-13H2,1-4H3. The Morgan fingerprint density at radius 3 is 2.43 bits per heavy atom. The van der Waals surface area contributed by atoms with E-state index in [0.29, 0.717) is 23.8 Å². The van der Waals surface area contributed by atoms with E-state index >= 15 is 0 Å². The molecular weight excluding hydrogens is 310 g/mol. The summed E-state index contributed by atoms with van der Waals surface area (Å²) in [7, 11) is -3.44. The van der Waals surface area contributed by atoms with Crippen LogP contribution in [0.4, 0.5) is 0 Å². The summed E-state index contributed by atoms with van der Waals surface area (Å²) >= 11 is 0. The Kier molecular flexibility index (Phi) is 4.00. The molecule has 0 radical (unpaired) electrons. The van der Waals surface area contributed by atoms with Crippen molar-refractivity contribution in [3.05, 3.63) is 24.3 Å². The van der Waals surface area contributed by atoms with Gasteiger partial charge in [0.25, 0.3) is 0 Å². The van der Waals surface area contributed by atoms with E-state index in [2.05, 4.69) is 20.8 Å². The van der Waals surface area contributed by atoms with Crippen LogP contribution in [-0.2, 0) is 10.0 Å². The minimum Gasteiger partial charge on any atom is -0.494 e. The van der Waals surface area contributed by atoms with Gasteiger partial charge in [-0.25, -0.2) is 8.42 Å². The van der Waals surface area contributed by atoms with Gasteiger partial charge in [-0.15, -0.1) is 0 Å². The van der Waals surface area contributed by atoms with Gasteiger partial charge >= 0.3 is 0 Å². The molecule has 2 aliphatic rings. The van der Waals surface area contributed by atoms with Crippen molar-refractivity contribution >= 4 is 10.0 Å². The predicted molar refractivity (Wildman–Crippen MR) is 91.0 cm³/mol. The molecule has 1 saturated carbocycles. The fourth-order valence-electron chi connectivity index (χ4n) is 4.70. The van der Waals surface area contributed by atoms with Gasteiger partial charge in [-0.1, -0.05) is 20.8 Å². The lowest BCUT2D eigenvalue weighted by Gasteiger charge is -2.39. The van der Waals surface area contributed by atoms with Crippen molar-refractivity contribution in [1.82, 2.24) is 4.31 Å². The first-order valence-electron chi connectivity index (χ1n) is 8.40. The Morgan fingerprint density at radius 2 is 1.83 bits per heavy atom. The monoisotopic (exact) mass is 337 g/mol. The molecule has 1 heterocycles. The molecule has 23 heavy (non-hydrogen) atoms. The molecule has 0 N–H and O–H groups in total. The van der Waals surface area contributed by atoms with E-state index in [-0.39, 0.29) is 16.9 Å². The van der Waals surface area contributed by atoms with Crippen molar-refractivity contribution in [2.75, 3.05) is 13.2 Å². The van der Waals surface area contributed by atoms with E-state index in [9.17, 15) is 8.42 Å². The molecule has 1 aromatic carbocycles. The fourth-order valence-corrected chi connectivity index (χ4v) is 6.47. The van der Waals surface area contributed by atoms with Gasteiger partial charge in [0.2, 0.25) is 10.0 Å². The van der Waals surface area contributed by atoms with Crippen LogP contribution < -0.4 is 4.74 Å². The third-order valence-electron chi connectivity index (χ3n) is 5.11. The van der Waals surface area contributed by atoms with Crippen molar-refractivity contribution in [2.24, 2.45) is 10.8 Å². The van der Waals surface area contributed by atoms with Gasteiger partial charge in [0.1, 0.15) is 5.75 Å². The van der Waals surface area contributed by atoms with E-state index < -0.39 is 10.0 Å². The maximum Gasteiger partial charge on any atom is 0.243 e. The van der Waals surface area contributed by atoms with Crippen molar-refractivity contribution in [1.29, 1.82) is 0 Å². The van der Waals surface area contributed by atoms with E-state index in [4.69, 9.17) is 4.74 Å². The zero-order valence-electron chi connectivity index (χ0n) is 14.5. The number of sulfonamides is 1. The van der Waals surface area contributed by atoms with Gasteiger partial charge in [-0.05, 0) is 61.3 Å². The van der Waals surface area contributed by atoms with Crippen LogP contribution in [-0.4, -0.2) is 31.9 Å². The molecule has 5 heteroatoms. The van der Waals surface area contributed by atoms with E-state index in [1.54, 1.807) is 28.6 Å². The fraction of sp³-hybridized carbons (Fsp3) is 0.667. The number of hydrogen-bond acceptors (Lipinski definition) is 3. The molecule has 1 aliphatic carbocycles. The quantitative estimate of drug-likeness (QED) is 0.842. The van der Waals surface area contributed by atoms with E-state index in [1.807, 2.05) is 6.92 Å². The van der Waals surface area contributed by atoms with Crippen LogP contribution in [0, 0.1) is 10.8 Å². The molecule has 3 rings (SSSR count). The number of hydrogen-bond donors (Lipinski definition) is 0. The Balaban J connectivity index is 1.88. The summed E-state index contributed by atoms with van der Waals surface area (Å²) in [6.45, 7) is 9.87. The van der Waals surface area contributed by atoms with Gasteiger partial charge in [-0.3, -0.25) is 0 Å². The molecule has 4 nitrogen and oxygen atoms in total. The second-order valence-electron chi connectivity index (χ2n) is 8.17. The topological polar surface area (TPSA) is 46.6 Å². The van der Waals surface area contributed by atoms with Crippen LogP contribution in [0.25, 0.3) is 0 Å². The van der Waals surface area contributed by atoms with Crippen LogP contribution in [0.2, 0.25) is 0 Å². The molecule has 1 aromatic rings. The zero-order valence-corrected chi connectivity index (χ0v) is 15.3. The maximum absolute atomic E-state index is 13.1. The SMILES string of the molecule is CCOc1ccc(S(=O)(=O)N2CC3(C)CC2CC(C)(C)C3)cc1. The lowest BCUT2D eigenvalue weighted by Crippen LogP contribution is -2.37. The molecule has 0 amide bonds. The molecule has 2 atom stereocenters. The molecule has 1 saturated heterocycles. The Labute approximate surface area is 139 Å². The van der Waals surface area contributed by atoms with Crippen LogP contribution in [0.1, 0.15) is 47.0 Å². The summed E-state index contributed by atoms with van der Waals surface area (Å²) in [4.78, 5) is 0.370. The van der Waals surface area contributed by atoms with Gasteiger partial charge in [0, 0.05) is 12.6 Å². The summed E-state index contributed by atoms with van der Waals surface area (Å²) in [6.07, 6.45) is 3.01. The average molecular weight is 337 g/mol. The first kappa shape index (κ1) is 16.8. The average Bonchev–Trinajstić information content (AvgIpc) is 2.69. The number of ether oxygens (including phenoxy) is 1. The van der Waals surface area contributed by atoms with Crippen LogP contribution in [0.5, 0.6) is 5.75 Å². The van der Waals surface area contributed by atoms with E-state index in [0.717, 1.165) is 19.3 Å². The maximum atomic E-state index is 13.1. The Morgan fingerprint density at radius 1 is 1.17 bits per heavy atom. The summed E-state index contributed by atoms with van der Waals surface area (Å²) < 4.78 is 33.3. The first-order chi connectivity index (χ1) is 10.7. The highest BCUT2D eigenvalue weighted by Crippen LogP contribution is 2.53. The summed E-state index contributed by atoms with van der Waals surface area (Å²) in [5.41, 5.74) is 0.311. The molecule has 0 spiro atoms. The van der Waals surface area contributed by atoms with Gasteiger partial charge in [0.05, 0.1) is 11.5 Å². The number of fused-ring (bicyclic) bond motifs is 2. The number of benzene rings is 1. The normalized spacial score (nSPS) is 30.3. The number of rotatable bonds is 4. The highest BCUT2D eigenvalue weighted by atomic mass is 32.2. The van der Waals surface area contributed by atoms with Crippen molar-refractivity contribution in [3.63, 3.8) is 0 Å². The lowest BCUT2D eigenvalue weighted by molar-refractivity contribution is 0.133. The third-order valence-corrected chi connectivity index (χ3v) is 7.02. The van der Waals surface area contributed by atoms with Crippen LogP contribution in [0.3, 0.4) is 0 Å². The molecule has 1 aliphatic heterocycles. The third kappa shape index (κ3) is 3.13.